The Morgan fingerprint density at radius 3 is 2.61 bits per heavy atom. The van der Waals surface area contributed by atoms with Crippen LogP contribution in [-0.2, 0) is 10.0 Å². The predicted molar refractivity (Wildman–Crippen MR) is 87.9 cm³/mol. The summed E-state index contributed by atoms with van der Waals surface area (Å²) < 4.78 is 26.4. The molecule has 2 aromatic carbocycles. The van der Waals surface area contributed by atoms with Crippen molar-refractivity contribution in [2.45, 2.75) is 4.90 Å². The van der Waals surface area contributed by atoms with E-state index in [1.807, 2.05) is 0 Å². The molecule has 0 saturated carbocycles. The second kappa shape index (κ2) is 7.08. The minimum absolute atomic E-state index is 0.0112. The van der Waals surface area contributed by atoms with Gasteiger partial charge in [0.05, 0.1) is 4.90 Å². The molecule has 3 N–H and O–H groups in total. The topological polar surface area (TPSA) is 95.5 Å². The van der Waals surface area contributed by atoms with Crippen molar-refractivity contribution in [1.29, 1.82) is 0 Å². The highest BCUT2D eigenvalue weighted by molar-refractivity contribution is 7.89. The SMILES string of the molecule is C=CCNS(=O)(=O)c1cccc(C(=O)Nc2cccc(O)c2)c1. The van der Waals surface area contributed by atoms with Gasteiger partial charge in [-0.3, -0.25) is 4.79 Å². The molecule has 0 unspecified atom stereocenters. The average molecular weight is 332 g/mol. The maximum absolute atomic E-state index is 12.2. The van der Waals surface area contributed by atoms with E-state index in [2.05, 4.69) is 16.6 Å². The summed E-state index contributed by atoms with van der Waals surface area (Å²) in [5, 5.41) is 12.0. The van der Waals surface area contributed by atoms with Gasteiger partial charge in [0, 0.05) is 23.9 Å². The first-order valence-corrected chi connectivity index (χ1v) is 8.22. The molecule has 0 fully saturated rings. The van der Waals surface area contributed by atoms with Crippen molar-refractivity contribution < 1.29 is 18.3 Å². The van der Waals surface area contributed by atoms with Crippen molar-refractivity contribution in [2.75, 3.05) is 11.9 Å². The fraction of sp³-hybridized carbons (Fsp3) is 0.0625. The Hall–Kier alpha value is -2.64. The highest BCUT2D eigenvalue weighted by atomic mass is 32.2. The maximum atomic E-state index is 12.2. The molecule has 23 heavy (non-hydrogen) atoms. The minimum atomic E-state index is -3.70. The van der Waals surface area contributed by atoms with Gasteiger partial charge in [-0.1, -0.05) is 18.2 Å². The summed E-state index contributed by atoms with van der Waals surface area (Å²) in [6.45, 7) is 3.54. The zero-order chi connectivity index (χ0) is 16.9. The standard InChI is InChI=1S/C16H16N2O4S/c1-2-9-17-23(21,22)15-8-3-5-12(10-15)16(20)18-13-6-4-7-14(19)11-13/h2-8,10-11,17,19H,1,9H2,(H,18,20). The summed E-state index contributed by atoms with van der Waals surface area (Å²) in [5.74, 6) is -0.455. The third-order valence-corrected chi connectivity index (χ3v) is 4.35. The van der Waals surface area contributed by atoms with Crippen LogP contribution in [0.5, 0.6) is 5.75 Å². The number of rotatable bonds is 6. The largest absolute Gasteiger partial charge is 0.508 e. The Morgan fingerprint density at radius 1 is 1.17 bits per heavy atom. The molecular formula is C16H16N2O4S. The van der Waals surface area contributed by atoms with Crippen molar-refractivity contribution in [3.63, 3.8) is 0 Å². The molecule has 0 heterocycles. The van der Waals surface area contributed by atoms with Gasteiger partial charge in [-0.25, -0.2) is 13.1 Å². The first kappa shape index (κ1) is 16.7. The van der Waals surface area contributed by atoms with E-state index in [4.69, 9.17) is 0 Å². The van der Waals surface area contributed by atoms with Crippen molar-refractivity contribution in [2.24, 2.45) is 0 Å². The number of carbonyl (C=O) groups excluding carboxylic acids is 1. The van der Waals surface area contributed by atoms with E-state index in [1.54, 1.807) is 12.1 Å². The number of aromatic hydroxyl groups is 1. The van der Waals surface area contributed by atoms with Gasteiger partial charge in [-0.2, -0.15) is 0 Å². The number of nitrogens with one attached hydrogen (secondary N) is 2. The summed E-state index contributed by atoms with van der Waals surface area (Å²) >= 11 is 0. The molecule has 0 saturated heterocycles. The van der Waals surface area contributed by atoms with E-state index in [0.717, 1.165) is 0 Å². The third kappa shape index (κ3) is 4.41. The first-order valence-electron chi connectivity index (χ1n) is 6.73. The third-order valence-electron chi connectivity index (χ3n) is 2.93. The second-order valence-electron chi connectivity index (χ2n) is 4.67. The zero-order valence-electron chi connectivity index (χ0n) is 12.2. The van der Waals surface area contributed by atoms with Crippen LogP contribution in [0.4, 0.5) is 5.69 Å². The lowest BCUT2D eigenvalue weighted by molar-refractivity contribution is 0.102. The van der Waals surface area contributed by atoms with E-state index in [9.17, 15) is 18.3 Å². The molecule has 2 aromatic rings. The Bertz CT molecular complexity index is 831. The van der Waals surface area contributed by atoms with Crippen molar-refractivity contribution >= 4 is 21.6 Å². The molecule has 0 spiro atoms. The van der Waals surface area contributed by atoms with Crippen LogP contribution >= 0.6 is 0 Å². The highest BCUT2D eigenvalue weighted by Crippen LogP contribution is 2.17. The molecule has 1 amide bonds. The molecule has 0 aromatic heterocycles. The molecule has 2 rings (SSSR count). The number of phenolic OH excluding ortho intramolecular Hbond substituents is 1. The number of sulfonamides is 1. The smallest absolute Gasteiger partial charge is 0.255 e. The van der Waals surface area contributed by atoms with Crippen LogP contribution in [-0.4, -0.2) is 26.0 Å². The van der Waals surface area contributed by atoms with Gasteiger partial charge in [0.1, 0.15) is 5.75 Å². The van der Waals surface area contributed by atoms with Crippen LogP contribution in [0, 0.1) is 0 Å². The van der Waals surface area contributed by atoms with Crippen LogP contribution in [0.15, 0.2) is 66.1 Å². The molecule has 7 heteroatoms. The Balaban J connectivity index is 2.22. The van der Waals surface area contributed by atoms with Crippen LogP contribution in [0.25, 0.3) is 0 Å². The lowest BCUT2D eigenvalue weighted by atomic mass is 10.2. The van der Waals surface area contributed by atoms with Crippen LogP contribution in [0.2, 0.25) is 0 Å². The average Bonchev–Trinajstić information content (AvgIpc) is 2.53. The first-order chi connectivity index (χ1) is 10.9. The lowest BCUT2D eigenvalue weighted by Crippen LogP contribution is -2.24. The van der Waals surface area contributed by atoms with E-state index in [1.165, 1.54) is 42.5 Å². The summed E-state index contributed by atoms with van der Waals surface area (Å²) in [6.07, 6.45) is 1.43. The van der Waals surface area contributed by atoms with Crippen LogP contribution in [0.3, 0.4) is 0 Å². The van der Waals surface area contributed by atoms with E-state index < -0.39 is 15.9 Å². The Labute approximate surface area is 134 Å². The van der Waals surface area contributed by atoms with E-state index in [0.29, 0.717) is 5.69 Å². The van der Waals surface area contributed by atoms with E-state index >= 15 is 0 Å². The monoisotopic (exact) mass is 332 g/mol. The second-order valence-corrected chi connectivity index (χ2v) is 6.44. The van der Waals surface area contributed by atoms with Crippen molar-refractivity contribution in [3.05, 3.63) is 66.7 Å². The normalized spacial score (nSPS) is 11.0. The molecule has 0 aliphatic rings. The molecule has 0 atom stereocenters. The fourth-order valence-electron chi connectivity index (χ4n) is 1.84. The Morgan fingerprint density at radius 2 is 1.91 bits per heavy atom. The molecule has 0 radical (unpaired) electrons. The van der Waals surface area contributed by atoms with Gasteiger partial charge in [0.15, 0.2) is 0 Å². The van der Waals surface area contributed by atoms with Gasteiger partial charge >= 0.3 is 0 Å². The minimum Gasteiger partial charge on any atom is -0.508 e. The van der Waals surface area contributed by atoms with Crippen LogP contribution < -0.4 is 10.0 Å². The number of benzene rings is 2. The quantitative estimate of drug-likeness (QED) is 0.706. The van der Waals surface area contributed by atoms with Crippen molar-refractivity contribution in [1.82, 2.24) is 4.72 Å². The molecule has 0 aliphatic heterocycles. The molecule has 6 nitrogen and oxygen atoms in total. The fourth-order valence-corrected chi connectivity index (χ4v) is 2.89. The summed E-state index contributed by atoms with van der Waals surface area (Å²) in [7, 11) is -3.70. The predicted octanol–water partition coefficient (Wildman–Crippen LogP) is 2.11. The molecular weight excluding hydrogens is 316 g/mol. The summed E-state index contributed by atoms with van der Waals surface area (Å²) in [4.78, 5) is 12.2. The number of amides is 1. The number of phenols is 1. The van der Waals surface area contributed by atoms with E-state index in [-0.39, 0.29) is 22.8 Å². The van der Waals surface area contributed by atoms with Gasteiger partial charge in [-0.15, -0.1) is 6.58 Å². The number of hydrogen-bond acceptors (Lipinski definition) is 4. The van der Waals surface area contributed by atoms with Gasteiger partial charge in [-0.05, 0) is 30.3 Å². The number of carbonyl (C=O) groups is 1. The zero-order valence-corrected chi connectivity index (χ0v) is 13.0. The van der Waals surface area contributed by atoms with Gasteiger partial charge in [0.2, 0.25) is 10.0 Å². The maximum Gasteiger partial charge on any atom is 0.255 e. The highest BCUT2D eigenvalue weighted by Gasteiger charge is 2.15. The molecule has 120 valence electrons. The lowest BCUT2D eigenvalue weighted by Gasteiger charge is -2.08. The van der Waals surface area contributed by atoms with Crippen LogP contribution in [0.1, 0.15) is 10.4 Å². The number of hydrogen-bond donors (Lipinski definition) is 3. The Kier molecular flexibility index (Phi) is 5.15. The van der Waals surface area contributed by atoms with Gasteiger partial charge in [0.25, 0.3) is 5.91 Å². The van der Waals surface area contributed by atoms with Gasteiger partial charge < -0.3 is 10.4 Å². The summed E-state index contributed by atoms with van der Waals surface area (Å²) in [5.41, 5.74) is 0.600. The van der Waals surface area contributed by atoms with Crippen molar-refractivity contribution in [3.8, 4) is 5.75 Å². The molecule has 0 aliphatic carbocycles. The summed E-state index contributed by atoms with van der Waals surface area (Å²) in [6, 6.07) is 11.7. The number of anilines is 1. The molecule has 0 bridgehead atoms.